The van der Waals surface area contributed by atoms with E-state index in [4.69, 9.17) is 4.74 Å². The number of rotatable bonds is 22. The normalized spacial score (nSPS) is 12.3. The highest BCUT2D eigenvalue weighted by Gasteiger charge is 2.03. The summed E-state index contributed by atoms with van der Waals surface area (Å²) < 4.78 is 4.72. The predicted octanol–water partition coefficient (Wildman–Crippen LogP) is 5.19. The summed E-state index contributed by atoms with van der Waals surface area (Å²) >= 11 is 0. The van der Waals surface area contributed by atoms with Crippen molar-refractivity contribution in [3.63, 3.8) is 0 Å². The van der Waals surface area contributed by atoms with E-state index in [1.54, 1.807) is 6.92 Å². The summed E-state index contributed by atoms with van der Waals surface area (Å²) in [6.45, 7) is 6.46. The second-order valence-electron chi connectivity index (χ2n) is 8.63. The Bertz CT molecular complexity index is 810. The van der Waals surface area contributed by atoms with Crippen LogP contribution in [0.5, 0.6) is 0 Å². The quantitative estimate of drug-likeness (QED) is 0.0875. The summed E-state index contributed by atoms with van der Waals surface area (Å²) in [4.78, 5) is 36.8. The molecule has 7 nitrogen and oxygen atoms in total. The second-order valence-corrected chi connectivity index (χ2v) is 8.63. The lowest BCUT2D eigenvalue weighted by Crippen LogP contribution is -2.37. The van der Waals surface area contributed by atoms with E-state index in [0.717, 1.165) is 57.1 Å². The van der Waals surface area contributed by atoms with Crippen molar-refractivity contribution in [1.29, 1.82) is 0 Å². The third-order valence-electron chi connectivity index (χ3n) is 5.20. The molecule has 212 valence electrons. The molecule has 0 heterocycles. The molecule has 0 radical (unpaired) electrons. The van der Waals surface area contributed by atoms with E-state index >= 15 is 0 Å². The van der Waals surface area contributed by atoms with Gasteiger partial charge in [-0.15, -0.1) is 0 Å². The van der Waals surface area contributed by atoms with E-state index in [2.05, 4.69) is 78.3 Å². The molecule has 0 aliphatic carbocycles. The van der Waals surface area contributed by atoms with Gasteiger partial charge in [0.1, 0.15) is 0 Å². The van der Waals surface area contributed by atoms with Crippen LogP contribution in [-0.2, 0) is 19.1 Å². The summed E-state index contributed by atoms with van der Waals surface area (Å²) in [5, 5.41) is 5.64. The molecule has 0 aromatic heterocycles. The Morgan fingerprint density at radius 2 is 1.24 bits per heavy atom. The van der Waals surface area contributed by atoms with Gasteiger partial charge in [-0.05, 0) is 58.9 Å². The number of hydrogen-bond acceptors (Lipinski definition) is 5. The SMILES string of the molecule is CC/C=C\C/C=C\C/C=C\C/C=C\C/C=C\CCCC(=O)NCCN(C)CCNC(=O)/C=C/C(=O)OCC. The first-order chi connectivity index (χ1) is 18.5. The topological polar surface area (TPSA) is 87.7 Å². The molecule has 2 amide bonds. The molecule has 0 atom stereocenters. The molecule has 0 spiro atoms. The van der Waals surface area contributed by atoms with Crippen LogP contribution in [0.15, 0.2) is 72.9 Å². The van der Waals surface area contributed by atoms with Crippen LogP contribution >= 0.6 is 0 Å². The molecule has 38 heavy (non-hydrogen) atoms. The van der Waals surface area contributed by atoms with Crippen molar-refractivity contribution in [2.24, 2.45) is 0 Å². The lowest BCUT2D eigenvalue weighted by atomic mass is 10.2. The monoisotopic (exact) mass is 527 g/mol. The molecule has 0 saturated heterocycles. The highest BCUT2D eigenvalue weighted by molar-refractivity contribution is 5.94. The van der Waals surface area contributed by atoms with Crippen molar-refractivity contribution in [2.75, 3.05) is 39.8 Å². The fourth-order valence-electron chi connectivity index (χ4n) is 3.10. The number of hydrogen-bond donors (Lipinski definition) is 2. The molecule has 0 bridgehead atoms. The highest BCUT2D eigenvalue weighted by atomic mass is 16.5. The fourth-order valence-corrected chi connectivity index (χ4v) is 3.10. The molecule has 0 aromatic rings. The van der Waals surface area contributed by atoms with Gasteiger partial charge in [0.25, 0.3) is 0 Å². The Morgan fingerprint density at radius 1 is 0.711 bits per heavy atom. The molecule has 0 fully saturated rings. The number of esters is 1. The van der Waals surface area contributed by atoms with Crippen LogP contribution < -0.4 is 10.6 Å². The first kappa shape index (κ1) is 34.8. The summed E-state index contributed by atoms with van der Waals surface area (Å²) in [6.07, 6.45) is 31.3. The Balaban J connectivity index is 3.68. The van der Waals surface area contributed by atoms with E-state index in [0.29, 0.717) is 32.6 Å². The first-order valence-corrected chi connectivity index (χ1v) is 13.8. The number of likely N-dealkylation sites (N-methyl/N-ethyl adjacent to an activating group) is 1. The molecule has 0 aliphatic rings. The van der Waals surface area contributed by atoms with Crippen LogP contribution in [-0.4, -0.2) is 62.5 Å². The van der Waals surface area contributed by atoms with Crippen LogP contribution in [0.3, 0.4) is 0 Å². The van der Waals surface area contributed by atoms with Gasteiger partial charge in [0.15, 0.2) is 0 Å². The molecule has 0 aromatic carbocycles. The standard InChI is InChI=1S/C31H49N3O4/c1-4-6-7-8-9-10-11-12-13-14-15-16-17-18-19-20-21-22-29(35)32-25-27-34(3)28-26-33-30(36)23-24-31(37)38-5-2/h6-7,9-10,12-13,15-16,18-19,23-24H,4-5,8,11,14,17,20-22,25-28H2,1-3H3,(H,32,35)(H,33,36)/b7-6-,10-9-,13-12-,16-15-,19-18-,24-23+. The van der Waals surface area contributed by atoms with Gasteiger partial charge in [-0.25, -0.2) is 4.79 Å². The number of ether oxygens (including phenoxy) is 1. The molecule has 0 aliphatic heterocycles. The van der Waals surface area contributed by atoms with Gasteiger partial charge >= 0.3 is 5.97 Å². The Kier molecular flexibility index (Phi) is 24.6. The van der Waals surface area contributed by atoms with Crippen molar-refractivity contribution in [3.05, 3.63) is 72.9 Å². The third kappa shape index (κ3) is 25.9. The van der Waals surface area contributed by atoms with Crippen molar-refractivity contribution < 1.29 is 19.1 Å². The van der Waals surface area contributed by atoms with Crippen LogP contribution in [0.25, 0.3) is 0 Å². The van der Waals surface area contributed by atoms with Crippen molar-refractivity contribution >= 4 is 17.8 Å². The van der Waals surface area contributed by atoms with Gasteiger partial charge in [-0.2, -0.15) is 0 Å². The van der Waals surface area contributed by atoms with Gasteiger partial charge in [-0.3, -0.25) is 9.59 Å². The van der Waals surface area contributed by atoms with Gasteiger partial charge < -0.3 is 20.3 Å². The van der Waals surface area contributed by atoms with Crippen LogP contribution in [0.4, 0.5) is 0 Å². The maximum atomic E-state index is 12.0. The molecular weight excluding hydrogens is 478 g/mol. The van der Waals surface area contributed by atoms with Gasteiger partial charge in [0.2, 0.25) is 11.8 Å². The minimum absolute atomic E-state index is 0.0585. The van der Waals surface area contributed by atoms with E-state index in [1.807, 2.05) is 11.9 Å². The largest absolute Gasteiger partial charge is 0.463 e. The number of unbranched alkanes of at least 4 members (excludes halogenated alkanes) is 1. The molecule has 0 unspecified atom stereocenters. The van der Waals surface area contributed by atoms with E-state index in [9.17, 15) is 14.4 Å². The second kappa shape index (κ2) is 26.9. The van der Waals surface area contributed by atoms with Crippen molar-refractivity contribution in [2.45, 2.75) is 65.2 Å². The number of amides is 2. The Morgan fingerprint density at radius 3 is 1.79 bits per heavy atom. The molecule has 7 heteroatoms. The molecule has 0 saturated carbocycles. The third-order valence-corrected chi connectivity index (χ3v) is 5.20. The summed E-state index contributed by atoms with van der Waals surface area (Å²) in [7, 11) is 1.92. The summed E-state index contributed by atoms with van der Waals surface area (Å²) in [5.74, 6) is -0.816. The Hall–Kier alpha value is -3.19. The molecular formula is C31H49N3O4. The van der Waals surface area contributed by atoms with Crippen LogP contribution in [0.1, 0.15) is 65.2 Å². The first-order valence-electron chi connectivity index (χ1n) is 13.8. The smallest absolute Gasteiger partial charge is 0.330 e. The van der Waals surface area contributed by atoms with E-state index in [-0.39, 0.29) is 18.4 Å². The average molecular weight is 528 g/mol. The number of carbonyl (C=O) groups excluding carboxylic acids is 3. The molecule has 2 N–H and O–H groups in total. The summed E-state index contributed by atoms with van der Waals surface area (Å²) in [6, 6.07) is 0. The van der Waals surface area contributed by atoms with Crippen LogP contribution in [0, 0.1) is 0 Å². The van der Waals surface area contributed by atoms with Crippen molar-refractivity contribution in [1.82, 2.24) is 15.5 Å². The summed E-state index contributed by atoms with van der Waals surface area (Å²) in [5.41, 5.74) is 0. The average Bonchev–Trinajstić information content (AvgIpc) is 2.89. The Labute approximate surface area is 230 Å². The number of nitrogens with zero attached hydrogens (tertiary/aromatic N) is 1. The number of nitrogens with one attached hydrogen (secondary N) is 2. The maximum absolute atomic E-state index is 12.0. The maximum Gasteiger partial charge on any atom is 0.330 e. The highest BCUT2D eigenvalue weighted by Crippen LogP contribution is 1.99. The fraction of sp³-hybridized carbons (Fsp3) is 0.516. The minimum atomic E-state index is -0.534. The van der Waals surface area contributed by atoms with Crippen molar-refractivity contribution in [3.8, 4) is 0 Å². The lowest BCUT2D eigenvalue weighted by Gasteiger charge is -2.16. The zero-order valence-electron chi connectivity index (χ0n) is 23.7. The zero-order chi connectivity index (χ0) is 28.1. The zero-order valence-corrected chi connectivity index (χ0v) is 23.7. The predicted molar refractivity (Wildman–Crippen MR) is 158 cm³/mol. The van der Waals surface area contributed by atoms with E-state index < -0.39 is 5.97 Å². The van der Waals surface area contributed by atoms with Gasteiger partial charge in [0.05, 0.1) is 6.61 Å². The number of allylic oxidation sites excluding steroid dienone is 10. The number of carbonyl (C=O) groups is 3. The minimum Gasteiger partial charge on any atom is -0.463 e. The van der Waals surface area contributed by atoms with Gasteiger partial charge in [0, 0.05) is 44.8 Å². The van der Waals surface area contributed by atoms with Gasteiger partial charge in [-0.1, -0.05) is 67.7 Å². The molecule has 0 rings (SSSR count). The lowest BCUT2D eigenvalue weighted by molar-refractivity contribution is -0.137. The van der Waals surface area contributed by atoms with Crippen LogP contribution in [0.2, 0.25) is 0 Å². The van der Waals surface area contributed by atoms with E-state index in [1.165, 1.54) is 0 Å².